The summed E-state index contributed by atoms with van der Waals surface area (Å²) in [7, 11) is -4.15. The van der Waals surface area contributed by atoms with Gasteiger partial charge in [-0.15, -0.1) is 0 Å². The summed E-state index contributed by atoms with van der Waals surface area (Å²) < 4.78 is 23.6. The Kier molecular flexibility index (Phi) is 3.29. The van der Waals surface area contributed by atoms with Crippen molar-refractivity contribution in [1.29, 1.82) is 0 Å². The number of nitrogens with one attached hydrogen (secondary N) is 1. The fraction of sp³-hybridized carbons (Fsp3) is 0.571. The van der Waals surface area contributed by atoms with Gasteiger partial charge in [-0.1, -0.05) is 0 Å². The quantitative estimate of drug-likeness (QED) is 0.546. The second-order valence-electron chi connectivity index (χ2n) is 3.28. The average Bonchev–Trinajstić information content (AvgIpc) is 2.08. The Balaban J connectivity index is 2.98. The number of amides is 2. The summed E-state index contributed by atoms with van der Waals surface area (Å²) in [5.74, 6) is -4.20. The van der Waals surface area contributed by atoms with Crippen LogP contribution in [0, 0.1) is 0 Å². The molecule has 0 aromatic rings. The van der Waals surface area contributed by atoms with Crippen molar-refractivity contribution in [3.05, 3.63) is 0 Å². The van der Waals surface area contributed by atoms with Gasteiger partial charge in [-0.25, -0.2) is 8.42 Å². The lowest BCUT2D eigenvalue weighted by Crippen LogP contribution is -2.59. The van der Waals surface area contributed by atoms with Gasteiger partial charge in [0.1, 0.15) is 6.04 Å². The molecule has 0 bridgehead atoms. The minimum absolute atomic E-state index is 0.539. The zero-order chi connectivity index (χ0) is 12.5. The Morgan fingerprint density at radius 3 is 2.62 bits per heavy atom. The summed E-state index contributed by atoms with van der Waals surface area (Å²) in [5.41, 5.74) is 0. The number of piperazine rings is 1. The molecule has 1 atom stereocenters. The normalized spacial score (nSPS) is 22.9. The van der Waals surface area contributed by atoms with E-state index in [0.717, 1.165) is 0 Å². The highest BCUT2D eigenvalue weighted by molar-refractivity contribution is 7.89. The van der Waals surface area contributed by atoms with Crippen LogP contribution in [-0.4, -0.2) is 54.0 Å². The van der Waals surface area contributed by atoms with Crippen LogP contribution >= 0.6 is 0 Å². The first-order valence-corrected chi connectivity index (χ1v) is 5.90. The molecule has 0 saturated carbocycles. The molecule has 1 aliphatic rings. The Labute approximate surface area is 91.3 Å². The molecule has 1 unspecified atom stereocenters. The molecule has 16 heavy (non-hydrogen) atoms. The van der Waals surface area contributed by atoms with Crippen LogP contribution in [0.3, 0.4) is 0 Å². The van der Waals surface area contributed by atoms with Gasteiger partial charge >= 0.3 is 5.97 Å². The lowest BCUT2D eigenvalue weighted by molar-refractivity contribution is -0.138. The van der Waals surface area contributed by atoms with E-state index in [9.17, 15) is 22.8 Å². The van der Waals surface area contributed by atoms with Crippen LogP contribution in [0.1, 0.15) is 6.92 Å². The molecule has 1 heterocycles. The van der Waals surface area contributed by atoms with Crippen LogP contribution in [-0.2, 0) is 24.4 Å². The molecule has 1 fully saturated rings. The summed E-state index contributed by atoms with van der Waals surface area (Å²) >= 11 is 0. The topological polar surface area (TPSA) is 121 Å². The van der Waals surface area contributed by atoms with Gasteiger partial charge in [0.15, 0.2) is 5.75 Å². The highest BCUT2D eigenvalue weighted by Crippen LogP contribution is 2.11. The van der Waals surface area contributed by atoms with Crippen molar-refractivity contribution in [2.45, 2.75) is 13.0 Å². The Bertz CT molecular complexity index is 442. The summed E-state index contributed by atoms with van der Waals surface area (Å²) in [4.78, 5) is 32.5. The largest absolute Gasteiger partial charge is 0.480 e. The maximum Gasteiger partial charge on any atom is 0.320 e. The Morgan fingerprint density at radius 1 is 1.56 bits per heavy atom. The molecule has 1 aliphatic heterocycles. The number of carbonyl (C=O) groups excluding carboxylic acids is 2. The molecule has 2 N–H and O–H groups in total. The molecule has 9 heteroatoms. The highest BCUT2D eigenvalue weighted by atomic mass is 32.2. The van der Waals surface area contributed by atoms with Crippen molar-refractivity contribution in [3.63, 3.8) is 0 Å². The van der Waals surface area contributed by atoms with Crippen LogP contribution in [0.15, 0.2) is 0 Å². The van der Waals surface area contributed by atoms with E-state index in [4.69, 9.17) is 5.11 Å². The zero-order valence-corrected chi connectivity index (χ0v) is 9.15. The van der Waals surface area contributed by atoms with Gasteiger partial charge in [-0.05, 0) is 6.92 Å². The first kappa shape index (κ1) is 12.6. The predicted molar refractivity (Wildman–Crippen MR) is 50.7 cm³/mol. The van der Waals surface area contributed by atoms with Gasteiger partial charge in [0.05, 0.1) is 6.54 Å². The lowest BCUT2D eigenvalue weighted by Gasteiger charge is -2.29. The van der Waals surface area contributed by atoms with Gasteiger partial charge in [0.25, 0.3) is 0 Å². The Morgan fingerprint density at radius 2 is 2.12 bits per heavy atom. The van der Waals surface area contributed by atoms with Crippen LogP contribution < -0.4 is 5.32 Å². The molecule has 0 aliphatic carbocycles. The molecule has 1 rings (SSSR count). The monoisotopic (exact) mass is 250 g/mol. The molecule has 0 spiro atoms. The minimum Gasteiger partial charge on any atom is -0.480 e. The summed E-state index contributed by atoms with van der Waals surface area (Å²) in [6.07, 6.45) is 0. The third-order valence-corrected chi connectivity index (χ3v) is 3.81. The van der Waals surface area contributed by atoms with Gasteiger partial charge in [0, 0.05) is 0 Å². The number of sulfonamides is 1. The second-order valence-corrected chi connectivity index (χ2v) is 5.21. The van der Waals surface area contributed by atoms with Crippen molar-refractivity contribution in [2.75, 3.05) is 12.3 Å². The molecular formula is C7H10N2O6S. The number of nitrogens with zero attached hydrogens (tertiary/aromatic N) is 1. The number of carboxylic acids is 1. The number of carboxylic acid groups (broad SMARTS) is 1. The number of hydrogen-bond acceptors (Lipinski definition) is 5. The molecule has 0 radical (unpaired) electrons. The molecule has 2 amide bonds. The average molecular weight is 250 g/mol. The van der Waals surface area contributed by atoms with E-state index in [1.165, 1.54) is 6.92 Å². The number of rotatable bonds is 3. The number of carbonyl (C=O) groups is 3. The number of aliphatic carboxylic acids is 1. The third kappa shape index (κ3) is 2.55. The number of hydrogen-bond donors (Lipinski definition) is 2. The summed E-state index contributed by atoms with van der Waals surface area (Å²) in [5, 5.41) is 10.4. The maximum atomic E-state index is 11.5. The van der Waals surface area contributed by atoms with E-state index in [1.54, 1.807) is 0 Å². The van der Waals surface area contributed by atoms with E-state index < -0.39 is 46.1 Å². The standard InChI is InChI=1S/C7H10N2O6S/c1-4-7(13)8-5(10)2-9(4)16(14,15)3-6(11)12/h4H,2-3H2,1H3,(H,11,12)(H,8,10,13). The van der Waals surface area contributed by atoms with Gasteiger partial charge in [0.2, 0.25) is 21.8 Å². The summed E-state index contributed by atoms with van der Waals surface area (Å²) in [6.45, 7) is 0.740. The van der Waals surface area contributed by atoms with Gasteiger partial charge < -0.3 is 5.11 Å². The van der Waals surface area contributed by atoms with Crippen molar-refractivity contribution in [1.82, 2.24) is 9.62 Å². The summed E-state index contributed by atoms with van der Waals surface area (Å²) in [6, 6.07) is -1.08. The lowest BCUT2D eigenvalue weighted by atomic mass is 10.2. The molecule has 0 aromatic carbocycles. The molecule has 8 nitrogen and oxygen atoms in total. The van der Waals surface area contributed by atoms with Crippen LogP contribution in [0.25, 0.3) is 0 Å². The second kappa shape index (κ2) is 4.18. The minimum atomic E-state index is -4.15. The maximum absolute atomic E-state index is 11.5. The van der Waals surface area contributed by atoms with E-state index in [-0.39, 0.29) is 0 Å². The first-order valence-electron chi connectivity index (χ1n) is 4.29. The van der Waals surface area contributed by atoms with E-state index >= 15 is 0 Å². The highest BCUT2D eigenvalue weighted by Gasteiger charge is 2.38. The van der Waals surface area contributed by atoms with Crippen LogP contribution in [0.5, 0.6) is 0 Å². The van der Waals surface area contributed by atoms with Crippen molar-refractivity contribution < 1.29 is 27.9 Å². The fourth-order valence-corrected chi connectivity index (χ4v) is 2.64. The van der Waals surface area contributed by atoms with Crippen molar-refractivity contribution >= 4 is 27.8 Å². The van der Waals surface area contributed by atoms with Crippen molar-refractivity contribution in [3.8, 4) is 0 Å². The van der Waals surface area contributed by atoms with Gasteiger partial charge in [-0.2, -0.15) is 4.31 Å². The molecule has 1 saturated heterocycles. The molecule has 90 valence electrons. The fourth-order valence-electron chi connectivity index (χ4n) is 1.27. The smallest absolute Gasteiger partial charge is 0.320 e. The van der Waals surface area contributed by atoms with Crippen LogP contribution in [0.2, 0.25) is 0 Å². The molecule has 0 aromatic heterocycles. The van der Waals surface area contributed by atoms with Crippen LogP contribution in [0.4, 0.5) is 0 Å². The van der Waals surface area contributed by atoms with E-state index in [2.05, 4.69) is 0 Å². The Hall–Kier alpha value is -1.48. The van der Waals surface area contributed by atoms with E-state index in [1.807, 2.05) is 5.32 Å². The first-order chi connectivity index (χ1) is 7.24. The van der Waals surface area contributed by atoms with E-state index in [0.29, 0.717) is 4.31 Å². The van der Waals surface area contributed by atoms with Gasteiger partial charge in [-0.3, -0.25) is 19.7 Å². The number of imide groups is 1. The SMILES string of the molecule is CC1C(=O)NC(=O)CN1S(=O)(=O)CC(=O)O. The van der Waals surface area contributed by atoms with Crippen molar-refractivity contribution in [2.24, 2.45) is 0 Å². The third-order valence-electron chi connectivity index (χ3n) is 2.04. The zero-order valence-electron chi connectivity index (χ0n) is 8.34. The molecular weight excluding hydrogens is 240 g/mol. The predicted octanol–water partition coefficient (Wildman–Crippen LogP) is -2.25.